The van der Waals surface area contributed by atoms with E-state index in [0.29, 0.717) is 19.3 Å². The van der Waals surface area contributed by atoms with Crippen LogP contribution < -0.4 is 0 Å². The molecule has 0 rings (SSSR count). The number of hydrogen-bond donors (Lipinski definition) is 0. The molecule has 0 spiro atoms. The van der Waals surface area contributed by atoms with Crippen molar-refractivity contribution in [1.29, 1.82) is 0 Å². The lowest BCUT2D eigenvalue weighted by atomic mass is 10.1. The van der Waals surface area contributed by atoms with Gasteiger partial charge in [-0.15, -0.1) is 0 Å². The van der Waals surface area contributed by atoms with Crippen molar-refractivity contribution in [2.45, 2.75) is 271 Å². The molecule has 0 saturated heterocycles. The zero-order valence-corrected chi connectivity index (χ0v) is 45.0. The Balaban J connectivity index is 4.45. The van der Waals surface area contributed by atoms with Crippen LogP contribution in [0, 0.1) is 0 Å². The third-order valence-corrected chi connectivity index (χ3v) is 12.0. The summed E-state index contributed by atoms with van der Waals surface area (Å²) in [6.07, 6.45) is 75.3. The summed E-state index contributed by atoms with van der Waals surface area (Å²) in [4.78, 5) is 38.2. The van der Waals surface area contributed by atoms with E-state index in [1.807, 2.05) is 0 Å². The summed E-state index contributed by atoms with van der Waals surface area (Å²) in [5.41, 5.74) is 0. The minimum absolute atomic E-state index is 0.0943. The second-order valence-corrected chi connectivity index (χ2v) is 18.8. The molecule has 1 atom stereocenters. The van der Waals surface area contributed by atoms with Crippen LogP contribution in [-0.4, -0.2) is 37.2 Å². The minimum Gasteiger partial charge on any atom is -0.462 e. The predicted molar refractivity (Wildman–Crippen MR) is 297 cm³/mol. The molecule has 394 valence electrons. The zero-order valence-electron chi connectivity index (χ0n) is 45.0. The highest BCUT2D eigenvalue weighted by Crippen LogP contribution is 2.14. The van der Waals surface area contributed by atoms with Crippen molar-refractivity contribution in [1.82, 2.24) is 0 Å². The van der Waals surface area contributed by atoms with Gasteiger partial charge in [-0.1, -0.05) is 221 Å². The number of unbranched alkanes of at least 4 members (excludes halogenated alkanes) is 24. The molecule has 0 bridgehead atoms. The van der Waals surface area contributed by atoms with Crippen molar-refractivity contribution < 1.29 is 28.6 Å². The molecule has 0 N–H and O–H groups in total. The minimum atomic E-state index is -0.798. The van der Waals surface area contributed by atoms with Crippen molar-refractivity contribution in [3.05, 3.63) is 97.2 Å². The van der Waals surface area contributed by atoms with Crippen molar-refractivity contribution in [3.8, 4) is 0 Å². The molecule has 0 aliphatic carbocycles. The van der Waals surface area contributed by atoms with Gasteiger partial charge in [-0.2, -0.15) is 0 Å². The summed E-state index contributed by atoms with van der Waals surface area (Å²) in [6.45, 7) is 6.47. The number of carbonyl (C=O) groups is 3. The van der Waals surface area contributed by atoms with Gasteiger partial charge in [0.05, 0.1) is 0 Å². The number of ether oxygens (including phenoxy) is 3. The van der Waals surface area contributed by atoms with Gasteiger partial charge in [0.2, 0.25) is 0 Å². The summed E-state index contributed by atoms with van der Waals surface area (Å²) in [5, 5.41) is 0. The van der Waals surface area contributed by atoms with Gasteiger partial charge in [-0.05, 0) is 122 Å². The highest BCUT2D eigenvalue weighted by molar-refractivity contribution is 5.71. The van der Waals surface area contributed by atoms with Gasteiger partial charge >= 0.3 is 17.9 Å². The van der Waals surface area contributed by atoms with E-state index in [-0.39, 0.29) is 31.1 Å². The molecule has 0 saturated carbocycles. The lowest BCUT2D eigenvalue weighted by molar-refractivity contribution is -0.167. The molecule has 0 fully saturated rings. The molecule has 0 radical (unpaired) electrons. The Morgan fingerprint density at radius 3 is 0.913 bits per heavy atom. The van der Waals surface area contributed by atoms with E-state index >= 15 is 0 Å². The van der Waals surface area contributed by atoms with Gasteiger partial charge in [0.15, 0.2) is 6.10 Å². The van der Waals surface area contributed by atoms with Crippen LogP contribution >= 0.6 is 0 Å². The van der Waals surface area contributed by atoms with Gasteiger partial charge in [-0.25, -0.2) is 0 Å². The predicted octanol–water partition coefficient (Wildman–Crippen LogP) is 19.3. The maximum Gasteiger partial charge on any atom is 0.306 e. The standard InChI is InChI=1S/C63H106O6/c1-4-7-10-13-16-19-22-25-28-30-31-32-33-34-36-38-41-44-47-50-53-56-62(65)68-59-60(58-67-61(64)55-52-49-46-43-40-37-27-24-21-18-15-12-9-6-3)69-63(66)57-54-51-48-45-42-39-35-29-26-23-20-17-14-11-8-5-2/h7,10,16,19-20,23-25,27-29,31-32,34-36,60H,4-6,8-9,11-15,17-18,21-22,26,30,33,37-59H2,1-3H3/b10-7-,19-16-,23-20-,27-24-,28-25-,32-31-,35-29-,36-34-. The molecule has 0 aliphatic rings. The van der Waals surface area contributed by atoms with Gasteiger partial charge in [0.25, 0.3) is 0 Å². The molecule has 1 unspecified atom stereocenters. The molecule has 0 heterocycles. The molecular formula is C63H106O6. The fourth-order valence-corrected chi connectivity index (χ4v) is 7.73. The first-order valence-electron chi connectivity index (χ1n) is 28.7. The summed E-state index contributed by atoms with van der Waals surface area (Å²) in [7, 11) is 0. The van der Waals surface area contributed by atoms with Crippen molar-refractivity contribution in [2.24, 2.45) is 0 Å². The van der Waals surface area contributed by atoms with E-state index in [0.717, 1.165) is 141 Å². The summed E-state index contributed by atoms with van der Waals surface area (Å²) in [5.74, 6) is -0.933. The van der Waals surface area contributed by atoms with Crippen LogP contribution in [0.15, 0.2) is 97.2 Å². The van der Waals surface area contributed by atoms with Crippen molar-refractivity contribution in [3.63, 3.8) is 0 Å². The van der Waals surface area contributed by atoms with E-state index in [9.17, 15) is 14.4 Å². The molecule has 0 aromatic rings. The molecule has 6 nitrogen and oxygen atoms in total. The third kappa shape index (κ3) is 55.1. The van der Waals surface area contributed by atoms with Gasteiger partial charge in [0, 0.05) is 19.3 Å². The summed E-state index contributed by atoms with van der Waals surface area (Å²) >= 11 is 0. The Morgan fingerprint density at radius 2 is 0.565 bits per heavy atom. The Bertz CT molecular complexity index is 1380. The molecule has 6 heteroatoms. The SMILES string of the molecule is CC/C=C\C/C=C\C/C=C\C/C=C\C/C=C\CCCCCCCC(=O)OCC(COC(=O)CCCCCCC/C=C\CCCCCCC)OC(=O)CCCCCCC/C=C\C/C=C\CCCCCC. The number of hydrogen-bond acceptors (Lipinski definition) is 6. The van der Waals surface area contributed by atoms with E-state index in [1.165, 1.54) is 83.5 Å². The van der Waals surface area contributed by atoms with E-state index < -0.39 is 6.10 Å². The number of rotatable bonds is 51. The number of carbonyl (C=O) groups excluding carboxylic acids is 3. The second kappa shape index (κ2) is 56.9. The first-order chi connectivity index (χ1) is 34.0. The molecule has 0 amide bonds. The van der Waals surface area contributed by atoms with Crippen LogP contribution in [0.3, 0.4) is 0 Å². The van der Waals surface area contributed by atoms with Gasteiger partial charge in [-0.3, -0.25) is 14.4 Å². The normalized spacial score (nSPS) is 12.8. The molecular weight excluding hydrogens is 853 g/mol. The van der Waals surface area contributed by atoms with E-state index in [2.05, 4.69) is 118 Å². The van der Waals surface area contributed by atoms with Gasteiger partial charge < -0.3 is 14.2 Å². The average molecular weight is 960 g/mol. The average Bonchev–Trinajstić information content (AvgIpc) is 3.35. The van der Waals surface area contributed by atoms with Gasteiger partial charge in [0.1, 0.15) is 13.2 Å². The molecule has 69 heavy (non-hydrogen) atoms. The Hall–Kier alpha value is -3.67. The van der Waals surface area contributed by atoms with Crippen molar-refractivity contribution >= 4 is 17.9 Å². The highest BCUT2D eigenvalue weighted by Gasteiger charge is 2.19. The smallest absolute Gasteiger partial charge is 0.306 e. The fourth-order valence-electron chi connectivity index (χ4n) is 7.73. The third-order valence-electron chi connectivity index (χ3n) is 12.0. The first kappa shape index (κ1) is 65.3. The maximum absolute atomic E-state index is 12.8. The quantitative estimate of drug-likeness (QED) is 0.0262. The zero-order chi connectivity index (χ0) is 50.0. The van der Waals surface area contributed by atoms with Crippen LogP contribution in [0.5, 0.6) is 0 Å². The molecule has 0 aliphatic heterocycles. The number of allylic oxidation sites excluding steroid dienone is 16. The molecule has 0 aromatic heterocycles. The summed E-state index contributed by atoms with van der Waals surface area (Å²) < 4.78 is 16.8. The van der Waals surface area contributed by atoms with Crippen molar-refractivity contribution in [2.75, 3.05) is 13.2 Å². The van der Waals surface area contributed by atoms with E-state index in [1.54, 1.807) is 0 Å². The van der Waals surface area contributed by atoms with Crippen LogP contribution in [-0.2, 0) is 28.6 Å². The van der Waals surface area contributed by atoms with Crippen LogP contribution in [0.25, 0.3) is 0 Å². The molecule has 0 aromatic carbocycles. The van der Waals surface area contributed by atoms with Crippen LogP contribution in [0.4, 0.5) is 0 Å². The summed E-state index contributed by atoms with van der Waals surface area (Å²) in [6, 6.07) is 0. The Labute approximate surface area is 426 Å². The first-order valence-corrected chi connectivity index (χ1v) is 28.7. The Morgan fingerprint density at radius 1 is 0.304 bits per heavy atom. The second-order valence-electron chi connectivity index (χ2n) is 18.8. The lowest BCUT2D eigenvalue weighted by Crippen LogP contribution is -2.30. The van der Waals surface area contributed by atoms with E-state index in [4.69, 9.17) is 14.2 Å². The van der Waals surface area contributed by atoms with Crippen LogP contribution in [0.2, 0.25) is 0 Å². The lowest BCUT2D eigenvalue weighted by Gasteiger charge is -2.18. The fraction of sp³-hybridized carbons (Fsp3) is 0.698. The largest absolute Gasteiger partial charge is 0.462 e. The highest BCUT2D eigenvalue weighted by atomic mass is 16.6. The number of esters is 3. The maximum atomic E-state index is 12.8. The monoisotopic (exact) mass is 959 g/mol. The topological polar surface area (TPSA) is 78.9 Å². The van der Waals surface area contributed by atoms with Crippen LogP contribution in [0.1, 0.15) is 265 Å². The Kier molecular flexibility index (Phi) is 53.9.